The zero-order valence-electron chi connectivity index (χ0n) is 11.5. The molecule has 0 saturated carbocycles. The number of carbonyl (C=O) groups excluding carboxylic acids is 1. The van der Waals surface area contributed by atoms with Crippen LogP contribution in [0.1, 0.15) is 46.0 Å². The normalized spacial score (nSPS) is 31.9. The van der Waals surface area contributed by atoms with E-state index in [2.05, 4.69) is 19.2 Å². The molecule has 3 N–H and O–H groups in total. The molecule has 18 heavy (non-hydrogen) atoms. The second kappa shape index (κ2) is 6.02. The van der Waals surface area contributed by atoms with Gasteiger partial charge >= 0.3 is 0 Å². The van der Waals surface area contributed by atoms with Crippen molar-refractivity contribution < 1.29 is 9.53 Å². The Labute approximate surface area is 110 Å². The van der Waals surface area contributed by atoms with Crippen molar-refractivity contribution in [2.24, 2.45) is 17.6 Å². The fourth-order valence-corrected chi connectivity index (χ4v) is 3.25. The van der Waals surface area contributed by atoms with Gasteiger partial charge in [-0.2, -0.15) is 0 Å². The van der Waals surface area contributed by atoms with E-state index in [1.807, 2.05) is 0 Å². The SMILES string of the molecule is CC(C)CC(CN)CC(=O)NC1CC2CCC1O2. The summed E-state index contributed by atoms with van der Waals surface area (Å²) in [7, 11) is 0. The number of ether oxygens (including phenoxy) is 1. The third-order valence-electron chi connectivity index (χ3n) is 4.06. The molecule has 4 unspecified atom stereocenters. The van der Waals surface area contributed by atoms with E-state index < -0.39 is 0 Å². The zero-order chi connectivity index (χ0) is 13.1. The van der Waals surface area contributed by atoms with E-state index in [1.54, 1.807) is 0 Å². The van der Waals surface area contributed by atoms with Gasteiger partial charge in [0, 0.05) is 6.42 Å². The van der Waals surface area contributed by atoms with Crippen molar-refractivity contribution in [3.63, 3.8) is 0 Å². The molecule has 0 aliphatic carbocycles. The van der Waals surface area contributed by atoms with Crippen LogP contribution >= 0.6 is 0 Å². The maximum Gasteiger partial charge on any atom is 0.220 e. The van der Waals surface area contributed by atoms with E-state index in [-0.39, 0.29) is 18.1 Å². The molecule has 4 heteroatoms. The molecule has 4 nitrogen and oxygen atoms in total. The van der Waals surface area contributed by atoms with E-state index in [9.17, 15) is 4.79 Å². The Morgan fingerprint density at radius 1 is 1.44 bits per heavy atom. The van der Waals surface area contributed by atoms with Gasteiger partial charge in [0.1, 0.15) is 0 Å². The van der Waals surface area contributed by atoms with Crippen molar-refractivity contribution >= 4 is 5.91 Å². The molecule has 2 aliphatic heterocycles. The fourth-order valence-electron chi connectivity index (χ4n) is 3.25. The van der Waals surface area contributed by atoms with Crippen LogP contribution in [0.4, 0.5) is 0 Å². The summed E-state index contributed by atoms with van der Waals surface area (Å²) in [6.07, 6.45) is 5.49. The van der Waals surface area contributed by atoms with Crippen molar-refractivity contribution in [2.75, 3.05) is 6.54 Å². The third kappa shape index (κ3) is 3.45. The average molecular weight is 254 g/mol. The standard InChI is InChI=1S/C14H26N2O2/c1-9(2)5-10(8-15)6-14(17)16-12-7-11-3-4-13(12)18-11/h9-13H,3-8,15H2,1-2H3,(H,16,17). The van der Waals surface area contributed by atoms with Crippen LogP contribution in [0.5, 0.6) is 0 Å². The largest absolute Gasteiger partial charge is 0.373 e. The van der Waals surface area contributed by atoms with E-state index >= 15 is 0 Å². The van der Waals surface area contributed by atoms with E-state index in [0.29, 0.717) is 30.9 Å². The molecule has 2 heterocycles. The van der Waals surface area contributed by atoms with E-state index in [0.717, 1.165) is 25.7 Å². The van der Waals surface area contributed by atoms with Gasteiger partial charge in [0.2, 0.25) is 5.91 Å². The number of fused-ring (bicyclic) bond motifs is 2. The van der Waals surface area contributed by atoms with E-state index in [1.165, 1.54) is 0 Å². The molecule has 1 amide bonds. The number of nitrogens with two attached hydrogens (primary N) is 1. The molecule has 2 bridgehead atoms. The minimum atomic E-state index is 0.146. The summed E-state index contributed by atoms with van der Waals surface area (Å²) in [5.41, 5.74) is 5.73. The monoisotopic (exact) mass is 254 g/mol. The average Bonchev–Trinajstić information content (AvgIpc) is 2.89. The first-order valence-electron chi connectivity index (χ1n) is 7.23. The van der Waals surface area contributed by atoms with Crippen LogP contribution in [-0.2, 0) is 9.53 Å². The lowest BCUT2D eigenvalue weighted by molar-refractivity contribution is -0.123. The topological polar surface area (TPSA) is 64.4 Å². The van der Waals surface area contributed by atoms with Gasteiger partial charge in [-0.05, 0) is 44.1 Å². The predicted molar refractivity (Wildman–Crippen MR) is 71.1 cm³/mol. The zero-order valence-corrected chi connectivity index (χ0v) is 11.5. The molecule has 0 aromatic rings. The summed E-state index contributed by atoms with van der Waals surface area (Å²) in [6, 6.07) is 0.244. The number of carbonyl (C=O) groups is 1. The summed E-state index contributed by atoms with van der Waals surface area (Å²) < 4.78 is 5.74. The lowest BCUT2D eigenvalue weighted by Gasteiger charge is -2.22. The number of amides is 1. The highest BCUT2D eigenvalue weighted by Gasteiger charge is 2.41. The van der Waals surface area contributed by atoms with Crippen molar-refractivity contribution in [3.05, 3.63) is 0 Å². The van der Waals surface area contributed by atoms with Crippen molar-refractivity contribution in [3.8, 4) is 0 Å². The maximum atomic E-state index is 12.0. The molecule has 2 rings (SSSR count). The first-order chi connectivity index (χ1) is 8.58. The Balaban J connectivity index is 1.74. The smallest absolute Gasteiger partial charge is 0.220 e. The number of hydrogen-bond donors (Lipinski definition) is 2. The Bertz CT molecular complexity index is 294. The molecule has 4 atom stereocenters. The van der Waals surface area contributed by atoms with Crippen molar-refractivity contribution in [1.29, 1.82) is 0 Å². The van der Waals surface area contributed by atoms with Gasteiger partial charge in [0.15, 0.2) is 0 Å². The molecule has 0 spiro atoms. The first-order valence-corrected chi connectivity index (χ1v) is 7.23. The lowest BCUT2D eigenvalue weighted by Crippen LogP contribution is -2.42. The first kappa shape index (κ1) is 13.8. The summed E-state index contributed by atoms with van der Waals surface area (Å²) in [5.74, 6) is 1.05. The van der Waals surface area contributed by atoms with Crippen LogP contribution in [0.3, 0.4) is 0 Å². The minimum absolute atomic E-state index is 0.146. The Kier molecular flexibility index (Phi) is 4.62. The summed E-state index contributed by atoms with van der Waals surface area (Å²) >= 11 is 0. The molecule has 2 saturated heterocycles. The van der Waals surface area contributed by atoms with Crippen molar-refractivity contribution in [1.82, 2.24) is 5.32 Å². The molecular formula is C14H26N2O2. The highest BCUT2D eigenvalue weighted by atomic mass is 16.5. The highest BCUT2D eigenvalue weighted by Crippen LogP contribution is 2.34. The molecule has 104 valence electrons. The predicted octanol–water partition coefficient (Wildman–Crippen LogP) is 1.43. The van der Waals surface area contributed by atoms with Crippen LogP contribution in [0.15, 0.2) is 0 Å². The molecule has 0 aromatic heterocycles. The maximum absolute atomic E-state index is 12.0. The van der Waals surface area contributed by atoms with Crippen LogP contribution < -0.4 is 11.1 Å². The van der Waals surface area contributed by atoms with Gasteiger partial charge < -0.3 is 15.8 Å². The molecule has 0 aromatic carbocycles. The summed E-state index contributed by atoms with van der Waals surface area (Å²) in [5, 5.41) is 3.13. The second-order valence-electron chi connectivity index (χ2n) is 6.22. The third-order valence-corrected chi connectivity index (χ3v) is 4.06. The fraction of sp³-hybridized carbons (Fsp3) is 0.929. The van der Waals surface area contributed by atoms with Crippen LogP contribution in [0, 0.1) is 11.8 Å². The van der Waals surface area contributed by atoms with Gasteiger partial charge in [0.25, 0.3) is 0 Å². The Morgan fingerprint density at radius 3 is 2.72 bits per heavy atom. The number of nitrogens with one attached hydrogen (secondary N) is 1. The quantitative estimate of drug-likeness (QED) is 0.753. The molecule has 2 fully saturated rings. The minimum Gasteiger partial charge on any atom is -0.373 e. The van der Waals surface area contributed by atoms with Crippen LogP contribution in [0.25, 0.3) is 0 Å². The van der Waals surface area contributed by atoms with Crippen LogP contribution in [0.2, 0.25) is 0 Å². The van der Waals surface area contributed by atoms with Crippen LogP contribution in [-0.4, -0.2) is 30.7 Å². The summed E-state index contributed by atoms with van der Waals surface area (Å²) in [4.78, 5) is 12.0. The second-order valence-corrected chi connectivity index (χ2v) is 6.22. The van der Waals surface area contributed by atoms with Gasteiger partial charge in [-0.15, -0.1) is 0 Å². The Hall–Kier alpha value is -0.610. The van der Waals surface area contributed by atoms with Gasteiger partial charge in [-0.1, -0.05) is 13.8 Å². The van der Waals surface area contributed by atoms with E-state index in [4.69, 9.17) is 10.5 Å². The van der Waals surface area contributed by atoms with Gasteiger partial charge in [-0.3, -0.25) is 4.79 Å². The lowest BCUT2D eigenvalue weighted by atomic mass is 9.92. The Morgan fingerprint density at radius 2 is 2.22 bits per heavy atom. The van der Waals surface area contributed by atoms with Gasteiger partial charge in [0.05, 0.1) is 18.2 Å². The summed E-state index contributed by atoms with van der Waals surface area (Å²) in [6.45, 7) is 4.94. The van der Waals surface area contributed by atoms with Crippen molar-refractivity contribution in [2.45, 2.75) is 64.2 Å². The van der Waals surface area contributed by atoms with Gasteiger partial charge in [-0.25, -0.2) is 0 Å². The molecular weight excluding hydrogens is 228 g/mol. The number of hydrogen-bond acceptors (Lipinski definition) is 3. The number of rotatable bonds is 6. The molecule has 0 radical (unpaired) electrons. The highest BCUT2D eigenvalue weighted by molar-refractivity contribution is 5.76. The molecule has 2 aliphatic rings.